The fourth-order valence-electron chi connectivity index (χ4n) is 4.05. The number of amides is 1. The largest absolute Gasteiger partial charge is 0.337 e. The second-order valence-electron chi connectivity index (χ2n) is 9.14. The summed E-state index contributed by atoms with van der Waals surface area (Å²) >= 11 is 0. The Labute approximate surface area is 162 Å². The molecule has 2 aromatic rings. The number of benzene rings is 1. The number of hydrogen-bond donors (Lipinski definition) is 0. The van der Waals surface area contributed by atoms with Crippen molar-refractivity contribution in [2.45, 2.75) is 66.3 Å². The zero-order valence-corrected chi connectivity index (χ0v) is 17.2. The molecular formula is C22H31N3O2. The molecular weight excluding hydrogens is 338 g/mol. The first-order chi connectivity index (χ1) is 12.7. The molecule has 5 nitrogen and oxygen atoms in total. The lowest BCUT2D eigenvalue weighted by Gasteiger charge is -2.26. The molecule has 5 heteroatoms. The van der Waals surface area contributed by atoms with Crippen molar-refractivity contribution in [1.82, 2.24) is 15.0 Å². The molecule has 146 valence electrons. The van der Waals surface area contributed by atoms with E-state index in [2.05, 4.69) is 37.8 Å². The van der Waals surface area contributed by atoms with E-state index in [-0.39, 0.29) is 17.4 Å². The maximum atomic E-state index is 12.9. The van der Waals surface area contributed by atoms with Gasteiger partial charge < -0.3 is 9.42 Å². The fraction of sp³-hybridized carbons (Fsp3) is 0.591. The van der Waals surface area contributed by atoms with E-state index in [0.717, 1.165) is 31.4 Å². The van der Waals surface area contributed by atoms with Crippen molar-refractivity contribution < 1.29 is 9.32 Å². The van der Waals surface area contributed by atoms with Crippen LogP contribution in [0.15, 0.2) is 28.8 Å². The average Bonchev–Trinajstić information content (AvgIpc) is 3.22. The molecule has 2 heterocycles. The lowest BCUT2D eigenvalue weighted by molar-refractivity contribution is -0.133. The van der Waals surface area contributed by atoms with Gasteiger partial charge in [0, 0.05) is 18.5 Å². The van der Waals surface area contributed by atoms with E-state index >= 15 is 0 Å². The van der Waals surface area contributed by atoms with Crippen LogP contribution in [-0.4, -0.2) is 27.5 Å². The highest BCUT2D eigenvalue weighted by Gasteiger charge is 2.34. The number of nitrogens with zero attached hydrogens (tertiary/aromatic N) is 3. The minimum Gasteiger partial charge on any atom is -0.337 e. The highest BCUT2D eigenvalue weighted by Crippen LogP contribution is 2.34. The van der Waals surface area contributed by atoms with Crippen LogP contribution in [0.2, 0.25) is 0 Å². The molecule has 0 bridgehead atoms. The molecule has 0 aliphatic carbocycles. The number of likely N-dealkylation sites (tertiary alicyclic amines) is 1. The summed E-state index contributed by atoms with van der Waals surface area (Å²) in [6, 6.07) is 7.97. The van der Waals surface area contributed by atoms with Crippen molar-refractivity contribution in [2.24, 2.45) is 11.3 Å². The summed E-state index contributed by atoms with van der Waals surface area (Å²) in [5, 5.41) is 4.14. The molecule has 1 saturated heterocycles. The molecule has 0 unspecified atom stereocenters. The van der Waals surface area contributed by atoms with Crippen LogP contribution in [0.1, 0.15) is 70.9 Å². The third kappa shape index (κ3) is 4.96. The van der Waals surface area contributed by atoms with Crippen LogP contribution in [0.5, 0.6) is 0 Å². The Kier molecular flexibility index (Phi) is 5.68. The van der Waals surface area contributed by atoms with Crippen molar-refractivity contribution in [3.63, 3.8) is 0 Å². The van der Waals surface area contributed by atoms with Gasteiger partial charge in [-0.25, -0.2) is 0 Å². The minimum absolute atomic E-state index is 0.0916. The first-order valence-corrected chi connectivity index (χ1v) is 9.93. The average molecular weight is 370 g/mol. The second-order valence-corrected chi connectivity index (χ2v) is 9.14. The Bertz CT molecular complexity index is 774. The molecule has 27 heavy (non-hydrogen) atoms. The molecule has 0 spiro atoms. The van der Waals surface area contributed by atoms with Crippen molar-refractivity contribution in [3.05, 3.63) is 35.7 Å². The van der Waals surface area contributed by atoms with Gasteiger partial charge in [0.25, 0.3) is 0 Å². The van der Waals surface area contributed by atoms with Gasteiger partial charge in [0.2, 0.25) is 17.6 Å². The number of hydrogen-bond acceptors (Lipinski definition) is 4. The molecule has 1 amide bonds. The Morgan fingerprint density at radius 2 is 2.00 bits per heavy atom. The van der Waals surface area contributed by atoms with E-state index in [1.165, 1.54) is 5.56 Å². The zero-order chi connectivity index (χ0) is 19.6. The number of aryl methyl sites for hydroxylation is 1. The monoisotopic (exact) mass is 369 g/mol. The smallest absolute Gasteiger partial charge is 0.249 e. The normalized spacial score (nSPS) is 18.7. The van der Waals surface area contributed by atoms with Crippen molar-refractivity contribution in [2.75, 3.05) is 6.54 Å². The third-order valence-electron chi connectivity index (χ3n) is 5.09. The van der Waals surface area contributed by atoms with Gasteiger partial charge in [0.15, 0.2) is 0 Å². The van der Waals surface area contributed by atoms with Gasteiger partial charge in [0.05, 0.1) is 0 Å². The zero-order valence-electron chi connectivity index (χ0n) is 17.2. The van der Waals surface area contributed by atoms with Gasteiger partial charge in [-0.15, -0.1) is 0 Å². The number of carbonyl (C=O) groups is 1. The van der Waals surface area contributed by atoms with Crippen LogP contribution in [0.3, 0.4) is 0 Å². The fourth-order valence-corrected chi connectivity index (χ4v) is 4.05. The molecule has 0 radical (unpaired) electrons. The maximum Gasteiger partial charge on any atom is 0.249 e. The first kappa shape index (κ1) is 19.6. The Morgan fingerprint density at radius 1 is 1.30 bits per heavy atom. The summed E-state index contributed by atoms with van der Waals surface area (Å²) in [6.45, 7) is 11.6. The predicted octanol–water partition coefficient (Wildman–Crippen LogP) is 5.17. The standard InChI is InChI=1S/C22H31N3O2/c1-15-8-10-17(11-9-15)20-23-21(27-24-20)18-7-6-12-25(18)19(26)13-16(2)14-22(3,4)5/h8-11,16,18H,6-7,12-14H2,1-5H3/t16-,18-/m0/s1. The molecule has 1 aliphatic rings. The van der Waals surface area contributed by atoms with Crippen molar-refractivity contribution in [1.29, 1.82) is 0 Å². The van der Waals surface area contributed by atoms with Gasteiger partial charge in [-0.3, -0.25) is 4.79 Å². The summed E-state index contributed by atoms with van der Waals surface area (Å²) in [6.07, 6.45) is 3.48. The lowest BCUT2D eigenvalue weighted by atomic mass is 9.84. The van der Waals surface area contributed by atoms with Crippen LogP contribution in [0, 0.1) is 18.3 Å². The highest BCUT2D eigenvalue weighted by atomic mass is 16.5. The minimum atomic E-state index is -0.0916. The lowest BCUT2D eigenvalue weighted by Crippen LogP contribution is -2.32. The van der Waals surface area contributed by atoms with Crippen LogP contribution < -0.4 is 0 Å². The van der Waals surface area contributed by atoms with Crippen LogP contribution in [-0.2, 0) is 4.79 Å². The predicted molar refractivity (Wildman–Crippen MR) is 106 cm³/mol. The van der Waals surface area contributed by atoms with Gasteiger partial charge in [-0.2, -0.15) is 4.98 Å². The summed E-state index contributed by atoms with van der Waals surface area (Å²) < 4.78 is 5.54. The summed E-state index contributed by atoms with van der Waals surface area (Å²) in [4.78, 5) is 19.4. The molecule has 1 fully saturated rings. The topological polar surface area (TPSA) is 59.2 Å². The summed E-state index contributed by atoms with van der Waals surface area (Å²) in [7, 11) is 0. The van der Waals surface area contributed by atoms with Crippen LogP contribution in [0.4, 0.5) is 0 Å². The SMILES string of the molecule is Cc1ccc(-c2noc([C@@H]3CCCN3C(=O)C[C@H](C)CC(C)(C)C)n2)cc1. The Morgan fingerprint density at radius 3 is 2.67 bits per heavy atom. The van der Waals surface area contributed by atoms with E-state index in [1.54, 1.807) is 0 Å². The van der Waals surface area contributed by atoms with E-state index in [1.807, 2.05) is 36.1 Å². The maximum absolute atomic E-state index is 12.9. The summed E-state index contributed by atoms with van der Waals surface area (Å²) in [5.41, 5.74) is 2.36. The quantitative estimate of drug-likeness (QED) is 0.729. The third-order valence-corrected chi connectivity index (χ3v) is 5.09. The van der Waals surface area contributed by atoms with Gasteiger partial charge in [0.1, 0.15) is 6.04 Å². The van der Waals surface area contributed by atoms with Gasteiger partial charge >= 0.3 is 0 Å². The molecule has 3 rings (SSSR count). The van der Waals surface area contributed by atoms with E-state index in [4.69, 9.17) is 4.52 Å². The van der Waals surface area contributed by atoms with Crippen molar-refractivity contribution in [3.8, 4) is 11.4 Å². The van der Waals surface area contributed by atoms with Gasteiger partial charge in [-0.1, -0.05) is 62.7 Å². The number of rotatable bonds is 5. The molecule has 0 saturated carbocycles. The number of carbonyl (C=O) groups excluding carboxylic acids is 1. The Hall–Kier alpha value is -2.17. The Balaban J connectivity index is 1.69. The summed E-state index contributed by atoms with van der Waals surface area (Å²) in [5.74, 6) is 1.71. The highest BCUT2D eigenvalue weighted by molar-refractivity contribution is 5.77. The van der Waals surface area contributed by atoms with E-state index in [0.29, 0.717) is 24.1 Å². The molecule has 1 aromatic carbocycles. The first-order valence-electron chi connectivity index (χ1n) is 9.93. The molecule has 1 aliphatic heterocycles. The van der Waals surface area contributed by atoms with E-state index in [9.17, 15) is 4.79 Å². The number of aromatic nitrogens is 2. The van der Waals surface area contributed by atoms with Crippen molar-refractivity contribution >= 4 is 5.91 Å². The second kappa shape index (κ2) is 7.83. The van der Waals surface area contributed by atoms with Crippen LogP contribution >= 0.6 is 0 Å². The van der Waals surface area contributed by atoms with E-state index < -0.39 is 0 Å². The molecule has 0 N–H and O–H groups in total. The van der Waals surface area contributed by atoms with Gasteiger partial charge in [-0.05, 0) is 37.5 Å². The molecule has 2 atom stereocenters. The molecule has 1 aromatic heterocycles. The van der Waals surface area contributed by atoms with Crippen LogP contribution in [0.25, 0.3) is 11.4 Å².